The Morgan fingerprint density at radius 3 is 2.57 bits per heavy atom. The van der Waals surface area contributed by atoms with Crippen molar-refractivity contribution in [3.8, 4) is 11.5 Å². The van der Waals surface area contributed by atoms with Gasteiger partial charge in [-0.15, -0.1) is 0 Å². The molecule has 5 heteroatoms. The molecule has 0 aliphatic carbocycles. The molecule has 2 N–H and O–H groups in total. The Morgan fingerprint density at radius 1 is 1.19 bits per heavy atom. The van der Waals surface area contributed by atoms with Crippen molar-refractivity contribution in [3.05, 3.63) is 58.4 Å². The lowest BCUT2D eigenvalue weighted by Gasteiger charge is -2.16. The Labute approximate surface area is 129 Å². The largest absolute Gasteiger partial charge is 0.455 e. The maximum Gasteiger partial charge on any atom is 0.207 e. The molecule has 0 saturated heterocycles. The Balaban J connectivity index is 2.35. The van der Waals surface area contributed by atoms with Crippen molar-refractivity contribution in [1.29, 1.82) is 0 Å². The molecule has 0 bridgehead atoms. The Bertz CT molecular complexity index is 692. The number of nitrogen functional groups attached to an aromatic ring is 1. The lowest BCUT2D eigenvalue weighted by atomic mass is 10.2. The first-order valence-corrected chi connectivity index (χ1v) is 6.76. The fourth-order valence-electron chi connectivity index (χ4n) is 1.93. The number of benzene rings is 2. The monoisotopic (exact) mass is 301 g/mol. The van der Waals surface area contributed by atoms with Crippen molar-refractivity contribution < 1.29 is 4.74 Å². The van der Waals surface area contributed by atoms with Gasteiger partial charge in [0.25, 0.3) is 0 Å². The minimum absolute atomic E-state index is 0.229. The molecular formula is C16H16ClN3O. The number of halogens is 1. The second-order valence-corrected chi connectivity index (χ2v) is 5.25. The van der Waals surface area contributed by atoms with Crippen LogP contribution in [0.1, 0.15) is 5.56 Å². The summed E-state index contributed by atoms with van der Waals surface area (Å²) in [5.74, 6) is 1.18. The number of ether oxygens (including phenoxy) is 1. The van der Waals surface area contributed by atoms with Gasteiger partial charge in [-0.2, -0.15) is 0 Å². The van der Waals surface area contributed by atoms with Crippen LogP contribution in [-0.2, 0) is 6.54 Å². The van der Waals surface area contributed by atoms with Gasteiger partial charge in [0, 0.05) is 12.1 Å². The van der Waals surface area contributed by atoms with Gasteiger partial charge in [-0.05, 0) is 26.2 Å². The summed E-state index contributed by atoms with van der Waals surface area (Å²) >= 11 is 6.06. The van der Waals surface area contributed by atoms with E-state index in [4.69, 9.17) is 28.6 Å². The van der Waals surface area contributed by atoms with Gasteiger partial charge >= 0.3 is 0 Å². The molecule has 0 radical (unpaired) electrons. The van der Waals surface area contributed by atoms with E-state index in [2.05, 4.69) is 9.74 Å². The van der Waals surface area contributed by atoms with Crippen molar-refractivity contribution in [1.82, 2.24) is 4.90 Å². The summed E-state index contributed by atoms with van der Waals surface area (Å²) in [7, 11) is 3.99. The van der Waals surface area contributed by atoms with E-state index in [-0.39, 0.29) is 10.7 Å². The summed E-state index contributed by atoms with van der Waals surface area (Å²) in [6.45, 7) is 7.78. The van der Waals surface area contributed by atoms with Gasteiger partial charge in [-0.1, -0.05) is 35.9 Å². The summed E-state index contributed by atoms with van der Waals surface area (Å²) < 4.78 is 5.88. The third kappa shape index (κ3) is 3.46. The number of rotatable bonds is 4. The predicted octanol–water partition coefficient (Wildman–Crippen LogP) is 4.33. The molecule has 0 unspecified atom stereocenters. The number of nitrogens with zero attached hydrogens (tertiary/aromatic N) is 2. The third-order valence-corrected chi connectivity index (χ3v) is 3.32. The molecule has 0 aliphatic rings. The maximum absolute atomic E-state index is 7.02. The zero-order valence-electron chi connectivity index (χ0n) is 11.9. The molecule has 2 rings (SSSR count). The molecule has 21 heavy (non-hydrogen) atoms. The van der Waals surface area contributed by atoms with Gasteiger partial charge in [-0.25, -0.2) is 4.85 Å². The zero-order valence-corrected chi connectivity index (χ0v) is 12.7. The van der Waals surface area contributed by atoms with Crippen LogP contribution in [0.4, 0.5) is 11.4 Å². The van der Waals surface area contributed by atoms with E-state index in [1.807, 2.05) is 38.4 Å². The maximum atomic E-state index is 7.02. The highest BCUT2D eigenvalue weighted by atomic mass is 35.5. The lowest BCUT2D eigenvalue weighted by molar-refractivity contribution is 0.389. The average molecular weight is 302 g/mol. The SMILES string of the molecule is [C-]#[N+]c1ccc(Oc2ccccc2CN(C)C)c(N)c1Cl. The topological polar surface area (TPSA) is 42.8 Å². The molecule has 0 spiro atoms. The van der Waals surface area contributed by atoms with Crippen LogP contribution >= 0.6 is 11.6 Å². The quantitative estimate of drug-likeness (QED) is 0.675. The van der Waals surface area contributed by atoms with Crippen LogP contribution in [0.3, 0.4) is 0 Å². The predicted molar refractivity (Wildman–Crippen MR) is 86.0 cm³/mol. The molecule has 4 nitrogen and oxygen atoms in total. The number of para-hydroxylation sites is 1. The van der Waals surface area contributed by atoms with Crippen LogP contribution in [0.25, 0.3) is 4.85 Å². The highest BCUT2D eigenvalue weighted by molar-refractivity contribution is 6.36. The van der Waals surface area contributed by atoms with E-state index in [0.29, 0.717) is 11.4 Å². The van der Waals surface area contributed by atoms with Gasteiger partial charge in [0.1, 0.15) is 11.5 Å². The van der Waals surface area contributed by atoms with Crippen LogP contribution in [0.2, 0.25) is 5.02 Å². The van der Waals surface area contributed by atoms with E-state index in [9.17, 15) is 0 Å². The van der Waals surface area contributed by atoms with Crippen LogP contribution < -0.4 is 10.5 Å². The third-order valence-electron chi connectivity index (χ3n) is 2.92. The second-order valence-electron chi connectivity index (χ2n) is 4.87. The van der Waals surface area contributed by atoms with Gasteiger partial charge in [-0.3, -0.25) is 0 Å². The zero-order chi connectivity index (χ0) is 15.4. The molecule has 2 aromatic carbocycles. The number of anilines is 1. The highest BCUT2D eigenvalue weighted by Gasteiger charge is 2.12. The van der Waals surface area contributed by atoms with E-state index >= 15 is 0 Å². The molecule has 0 aliphatic heterocycles. The first-order valence-electron chi connectivity index (χ1n) is 6.39. The molecule has 108 valence electrons. The molecule has 2 aromatic rings. The van der Waals surface area contributed by atoms with Crippen molar-refractivity contribution >= 4 is 23.0 Å². The van der Waals surface area contributed by atoms with Crippen molar-refractivity contribution in [3.63, 3.8) is 0 Å². The van der Waals surface area contributed by atoms with E-state index in [1.54, 1.807) is 12.1 Å². The van der Waals surface area contributed by atoms with Crippen molar-refractivity contribution in [2.75, 3.05) is 19.8 Å². The van der Waals surface area contributed by atoms with Crippen LogP contribution in [-0.4, -0.2) is 19.0 Å². The first kappa shape index (κ1) is 15.2. The molecule has 0 saturated carbocycles. The molecular weight excluding hydrogens is 286 g/mol. The molecule has 0 atom stereocenters. The van der Waals surface area contributed by atoms with Gasteiger partial charge in [0.2, 0.25) is 5.69 Å². The van der Waals surface area contributed by atoms with Gasteiger partial charge in [0.05, 0.1) is 17.3 Å². The molecule has 0 heterocycles. The standard InChI is InChI=1S/C16H16ClN3O/c1-19-12-8-9-14(16(18)15(12)17)21-13-7-5-4-6-11(13)10-20(2)3/h4-9H,10,18H2,2-3H3. The number of hydrogen-bond donors (Lipinski definition) is 1. The van der Waals surface area contributed by atoms with E-state index in [0.717, 1.165) is 17.9 Å². The van der Waals surface area contributed by atoms with E-state index < -0.39 is 0 Å². The Morgan fingerprint density at radius 2 is 1.90 bits per heavy atom. The van der Waals surface area contributed by atoms with Crippen LogP contribution in [0, 0.1) is 6.57 Å². The number of nitrogens with two attached hydrogens (primary N) is 1. The summed E-state index contributed by atoms with van der Waals surface area (Å²) in [4.78, 5) is 5.37. The fraction of sp³-hybridized carbons (Fsp3) is 0.188. The highest BCUT2D eigenvalue weighted by Crippen LogP contribution is 2.39. The minimum Gasteiger partial charge on any atom is -0.455 e. The fourth-order valence-corrected chi connectivity index (χ4v) is 2.13. The minimum atomic E-state index is 0.229. The lowest BCUT2D eigenvalue weighted by Crippen LogP contribution is -2.11. The average Bonchev–Trinajstić information content (AvgIpc) is 2.45. The summed E-state index contributed by atoms with van der Waals surface area (Å²) in [5, 5.41) is 0.229. The summed E-state index contributed by atoms with van der Waals surface area (Å²) in [6, 6.07) is 11.0. The van der Waals surface area contributed by atoms with Crippen LogP contribution in [0.15, 0.2) is 36.4 Å². The first-order chi connectivity index (χ1) is 10.0. The van der Waals surface area contributed by atoms with E-state index in [1.165, 1.54) is 0 Å². The summed E-state index contributed by atoms with van der Waals surface area (Å²) in [6.07, 6.45) is 0. The Kier molecular flexibility index (Phi) is 4.69. The summed E-state index contributed by atoms with van der Waals surface area (Å²) in [5.41, 5.74) is 7.60. The smallest absolute Gasteiger partial charge is 0.207 e. The number of hydrogen-bond acceptors (Lipinski definition) is 3. The van der Waals surface area contributed by atoms with Gasteiger partial charge in [0.15, 0.2) is 0 Å². The van der Waals surface area contributed by atoms with Gasteiger partial charge < -0.3 is 15.4 Å². The molecule has 0 aromatic heterocycles. The van der Waals surface area contributed by atoms with Crippen molar-refractivity contribution in [2.24, 2.45) is 0 Å². The normalized spacial score (nSPS) is 10.4. The van der Waals surface area contributed by atoms with Crippen LogP contribution in [0.5, 0.6) is 11.5 Å². The second kappa shape index (κ2) is 6.49. The molecule has 0 amide bonds. The Hall–Kier alpha value is -2.22. The molecule has 0 fully saturated rings. The van der Waals surface area contributed by atoms with Crippen molar-refractivity contribution in [2.45, 2.75) is 6.54 Å².